The molecule has 0 atom stereocenters. The molecule has 2 rings (SSSR count). The van der Waals surface area contributed by atoms with Crippen LogP contribution < -0.4 is 15.8 Å². The third kappa shape index (κ3) is 5.52. The number of anilines is 1. The number of ether oxygens (including phenoxy) is 1. The first kappa shape index (κ1) is 19.3. The normalized spacial score (nSPS) is 10.7. The van der Waals surface area contributed by atoms with Gasteiger partial charge in [-0.3, -0.25) is 9.59 Å². The number of hydrogen-bond acceptors (Lipinski definition) is 4. The lowest BCUT2D eigenvalue weighted by Crippen LogP contribution is -2.20. The Labute approximate surface area is 159 Å². The molecule has 0 aliphatic rings. The van der Waals surface area contributed by atoms with Crippen molar-refractivity contribution >= 4 is 46.8 Å². The topological polar surface area (TPSA) is 105 Å². The molecule has 0 aromatic heterocycles. The summed E-state index contributed by atoms with van der Waals surface area (Å²) in [5.74, 6) is -0.719. The van der Waals surface area contributed by atoms with Gasteiger partial charge in [0.15, 0.2) is 6.61 Å². The van der Waals surface area contributed by atoms with E-state index in [1.54, 1.807) is 42.5 Å². The molecule has 2 aromatic carbocycles. The van der Waals surface area contributed by atoms with Gasteiger partial charge in [-0.25, -0.2) is 0 Å². The highest BCUT2D eigenvalue weighted by Crippen LogP contribution is 2.25. The molecular weight excluding hydrogens is 377 g/mol. The van der Waals surface area contributed by atoms with E-state index in [1.165, 1.54) is 12.1 Å². The SMILES string of the molecule is N#C/C(=C\c1ccc(OCC(=O)Nc2ccc(Cl)c(Cl)c2)cc1)C(N)=O. The summed E-state index contributed by atoms with van der Waals surface area (Å²) >= 11 is 11.7. The third-order valence-corrected chi connectivity index (χ3v) is 3.89. The number of rotatable bonds is 6. The summed E-state index contributed by atoms with van der Waals surface area (Å²) in [4.78, 5) is 22.9. The number of hydrogen-bond donors (Lipinski definition) is 2. The second kappa shape index (κ2) is 8.90. The number of benzene rings is 2. The van der Waals surface area contributed by atoms with Crippen LogP contribution in [0, 0.1) is 11.3 Å². The molecule has 0 spiro atoms. The predicted molar refractivity (Wildman–Crippen MR) is 99.8 cm³/mol. The summed E-state index contributed by atoms with van der Waals surface area (Å²) in [5, 5.41) is 12.2. The van der Waals surface area contributed by atoms with E-state index in [-0.39, 0.29) is 18.1 Å². The van der Waals surface area contributed by atoms with Gasteiger partial charge >= 0.3 is 0 Å². The smallest absolute Gasteiger partial charge is 0.262 e. The molecule has 0 saturated heterocycles. The molecule has 8 heteroatoms. The van der Waals surface area contributed by atoms with Gasteiger partial charge in [0.1, 0.15) is 17.4 Å². The molecule has 26 heavy (non-hydrogen) atoms. The van der Waals surface area contributed by atoms with Gasteiger partial charge in [0, 0.05) is 5.69 Å². The van der Waals surface area contributed by atoms with Gasteiger partial charge in [0.25, 0.3) is 11.8 Å². The van der Waals surface area contributed by atoms with Gasteiger partial charge in [-0.15, -0.1) is 0 Å². The van der Waals surface area contributed by atoms with Gasteiger partial charge in [0.2, 0.25) is 0 Å². The summed E-state index contributed by atoms with van der Waals surface area (Å²) in [6.45, 7) is -0.208. The summed E-state index contributed by atoms with van der Waals surface area (Å²) in [7, 11) is 0. The van der Waals surface area contributed by atoms with Crippen LogP contribution in [0.25, 0.3) is 6.08 Å². The third-order valence-electron chi connectivity index (χ3n) is 3.15. The molecule has 6 nitrogen and oxygen atoms in total. The molecule has 3 N–H and O–H groups in total. The van der Waals surface area contributed by atoms with Crippen molar-refractivity contribution in [1.82, 2.24) is 0 Å². The molecule has 132 valence electrons. The molecule has 0 radical (unpaired) electrons. The second-order valence-corrected chi connectivity index (χ2v) is 5.88. The van der Waals surface area contributed by atoms with Crippen LogP contribution in [0.3, 0.4) is 0 Å². The zero-order valence-electron chi connectivity index (χ0n) is 13.3. The maximum Gasteiger partial charge on any atom is 0.262 e. The number of carbonyl (C=O) groups is 2. The molecule has 0 saturated carbocycles. The van der Waals surface area contributed by atoms with Crippen LogP contribution in [0.2, 0.25) is 10.0 Å². The summed E-state index contributed by atoms with van der Waals surface area (Å²) in [5.41, 5.74) is 6.03. The van der Waals surface area contributed by atoms with E-state index in [9.17, 15) is 9.59 Å². The lowest BCUT2D eigenvalue weighted by atomic mass is 10.1. The van der Waals surface area contributed by atoms with E-state index in [1.807, 2.05) is 0 Å². The van der Waals surface area contributed by atoms with Crippen LogP contribution >= 0.6 is 23.2 Å². The summed E-state index contributed by atoms with van der Waals surface area (Å²) < 4.78 is 5.38. The second-order valence-electron chi connectivity index (χ2n) is 5.07. The minimum Gasteiger partial charge on any atom is -0.484 e. The first-order chi connectivity index (χ1) is 12.4. The highest BCUT2D eigenvalue weighted by Gasteiger charge is 2.07. The Bertz CT molecular complexity index is 903. The van der Waals surface area contributed by atoms with Gasteiger partial charge in [-0.1, -0.05) is 35.3 Å². The largest absolute Gasteiger partial charge is 0.484 e. The van der Waals surface area contributed by atoms with Crippen molar-refractivity contribution < 1.29 is 14.3 Å². The van der Waals surface area contributed by atoms with Crippen LogP contribution in [0.1, 0.15) is 5.56 Å². The number of amides is 2. The Kier molecular flexibility index (Phi) is 6.61. The van der Waals surface area contributed by atoms with E-state index in [0.717, 1.165) is 0 Å². The van der Waals surface area contributed by atoms with Gasteiger partial charge in [0.05, 0.1) is 10.0 Å². The molecule has 0 bridgehead atoms. The molecule has 0 heterocycles. The number of carbonyl (C=O) groups excluding carboxylic acids is 2. The van der Waals surface area contributed by atoms with Crippen LogP contribution in [0.4, 0.5) is 5.69 Å². The summed E-state index contributed by atoms with van der Waals surface area (Å²) in [6.07, 6.45) is 1.36. The van der Waals surface area contributed by atoms with Crippen molar-refractivity contribution in [2.75, 3.05) is 11.9 Å². The lowest BCUT2D eigenvalue weighted by Gasteiger charge is -2.08. The number of nitriles is 1. The van der Waals surface area contributed by atoms with E-state index in [4.69, 9.17) is 38.9 Å². The highest BCUT2D eigenvalue weighted by atomic mass is 35.5. The van der Waals surface area contributed by atoms with Crippen molar-refractivity contribution in [1.29, 1.82) is 5.26 Å². The zero-order valence-corrected chi connectivity index (χ0v) is 14.8. The van der Waals surface area contributed by atoms with Crippen molar-refractivity contribution in [3.05, 3.63) is 63.6 Å². The first-order valence-corrected chi connectivity index (χ1v) is 8.04. The van der Waals surface area contributed by atoms with Gasteiger partial charge in [-0.2, -0.15) is 5.26 Å². The van der Waals surface area contributed by atoms with Crippen molar-refractivity contribution in [2.24, 2.45) is 5.73 Å². The Hall–Kier alpha value is -3.01. The number of nitrogens with two attached hydrogens (primary N) is 1. The van der Waals surface area contributed by atoms with Crippen molar-refractivity contribution in [3.8, 4) is 11.8 Å². The maximum atomic E-state index is 11.9. The Morgan fingerprint density at radius 3 is 2.42 bits per heavy atom. The minimum atomic E-state index is -0.799. The van der Waals surface area contributed by atoms with Gasteiger partial charge in [-0.05, 0) is 42.0 Å². The van der Waals surface area contributed by atoms with E-state index < -0.39 is 5.91 Å². The molecule has 0 aliphatic carbocycles. The first-order valence-electron chi connectivity index (χ1n) is 7.28. The van der Waals surface area contributed by atoms with Gasteiger partial charge < -0.3 is 15.8 Å². The highest BCUT2D eigenvalue weighted by molar-refractivity contribution is 6.42. The predicted octanol–water partition coefficient (Wildman–Crippen LogP) is 3.40. The molecule has 0 fully saturated rings. The standard InChI is InChI=1S/C18H13Cl2N3O3/c19-15-6-3-13(8-16(15)20)23-17(24)10-26-14-4-1-11(2-5-14)7-12(9-21)18(22)25/h1-8H,10H2,(H2,22,25)(H,23,24)/b12-7+. The van der Waals surface area contributed by atoms with E-state index in [2.05, 4.69) is 5.32 Å². The fourth-order valence-corrected chi connectivity index (χ4v) is 2.20. The lowest BCUT2D eigenvalue weighted by molar-refractivity contribution is -0.118. The van der Waals surface area contributed by atoms with Crippen molar-refractivity contribution in [3.63, 3.8) is 0 Å². The zero-order chi connectivity index (χ0) is 19.1. The fourth-order valence-electron chi connectivity index (χ4n) is 1.91. The molecule has 2 amide bonds. The number of nitrogens with zero attached hydrogens (tertiary/aromatic N) is 1. The summed E-state index contributed by atoms with van der Waals surface area (Å²) in [6, 6.07) is 12.9. The average molecular weight is 390 g/mol. The van der Waals surface area contributed by atoms with Crippen LogP contribution in [0.5, 0.6) is 5.75 Å². The van der Waals surface area contributed by atoms with E-state index in [0.29, 0.717) is 27.0 Å². The van der Waals surface area contributed by atoms with Crippen molar-refractivity contribution in [2.45, 2.75) is 0 Å². The molecule has 0 aliphatic heterocycles. The average Bonchev–Trinajstić information content (AvgIpc) is 2.61. The fraction of sp³-hybridized carbons (Fsp3) is 0.0556. The van der Waals surface area contributed by atoms with E-state index >= 15 is 0 Å². The minimum absolute atomic E-state index is 0.153. The molecule has 0 unspecified atom stereocenters. The van der Waals surface area contributed by atoms with Crippen LogP contribution in [0.15, 0.2) is 48.0 Å². The van der Waals surface area contributed by atoms with Crippen LogP contribution in [-0.4, -0.2) is 18.4 Å². The maximum absolute atomic E-state index is 11.9. The Morgan fingerprint density at radius 2 is 1.85 bits per heavy atom. The molecule has 2 aromatic rings. The number of nitrogens with one attached hydrogen (secondary N) is 1. The quantitative estimate of drug-likeness (QED) is 0.583. The molecular formula is C18H13Cl2N3O3. The number of primary amides is 1. The Balaban J connectivity index is 1.93. The Morgan fingerprint density at radius 1 is 1.15 bits per heavy atom. The van der Waals surface area contributed by atoms with Crippen LogP contribution in [-0.2, 0) is 9.59 Å². The monoisotopic (exact) mass is 389 g/mol. The number of halogens is 2.